The van der Waals surface area contributed by atoms with Gasteiger partial charge in [0.2, 0.25) is 0 Å². The van der Waals surface area contributed by atoms with Crippen LogP contribution in [0.15, 0.2) is 34.4 Å². The van der Waals surface area contributed by atoms with Gasteiger partial charge in [-0.15, -0.1) is 0 Å². The van der Waals surface area contributed by atoms with E-state index in [1.54, 1.807) is 6.92 Å². The highest BCUT2D eigenvalue weighted by atomic mass is 16.5. The molecule has 4 nitrogen and oxygen atoms in total. The second-order valence-corrected chi connectivity index (χ2v) is 14.2. The van der Waals surface area contributed by atoms with Crippen molar-refractivity contribution in [2.75, 3.05) is 0 Å². The first kappa shape index (κ1) is 36.0. The van der Waals surface area contributed by atoms with Gasteiger partial charge < -0.3 is 14.9 Å². The Balaban J connectivity index is 1.91. The Bertz CT molecular complexity index is 925. The van der Waals surface area contributed by atoms with Crippen LogP contribution >= 0.6 is 0 Å². The molecule has 5 unspecified atom stereocenters. The molecule has 236 valence electrons. The number of carbonyl (C=O) groups is 1. The van der Waals surface area contributed by atoms with E-state index in [0.717, 1.165) is 82.6 Å². The molecule has 0 aromatic rings. The zero-order valence-electron chi connectivity index (χ0n) is 28.0. The minimum Gasteiger partial charge on any atom is -0.390 e. The highest BCUT2D eigenvalue weighted by Gasteiger charge is 2.49. The summed E-state index contributed by atoms with van der Waals surface area (Å²) in [5.74, 6) is 0.328. The maximum atomic E-state index is 11.5. The van der Waals surface area contributed by atoms with Crippen LogP contribution in [0.1, 0.15) is 165 Å². The van der Waals surface area contributed by atoms with E-state index in [9.17, 15) is 15.0 Å². The molecule has 1 aliphatic carbocycles. The van der Waals surface area contributed by atoms with Crippen LogP contribution in [0, 0.1) is 5.92 Å². The van der Waals surface area contributed by atoms with Crippen LogP contribution in [0.2, 0.25) is 0 Å². The lowest BCUT2D eigenvalue weighted by atomic mass is 9.69. The van der Waals surface area contributed by atoms with Gasteiger partial charge in [0.25, 0.3) is 0 Å². The third kappa shape index (κ3) is 11.1. The molecule has 41 heavy (non-hydrogen) atoms. The van der Waals surface area contributed by atoms with Crippen LogP contribution in [0.3, 0.4) is 0 Å². The Kier molecular flexibility index (Phi) is 14.5. The van der Waals surface area contributed by atoms with E-state index in [1.165, 1.54) is 48.8 Å². The molecule has 0 amide bonds. The lowest BCUT2D eigenvalue weighted by Crippen LogP contribution is -2.51. The maximum absolute atomic E-state index is 11.5. The van der Waals surface area contributed by atoms with Crippen molar-refractivity contribution < 1.29 is 19.7 Å². The fourth-order valence-electron chi connectivity index (χ4n) is 6.85. The average molecular weight is 573 g/mol. The van der Waals surface area contributed by atoms with Crippen LogP contribution < -0.4 is 0 Å². The number of rotatable bonds is 19. The summed E-state index contributed by atoms with van der Waals surface area (Å²) in [4.78, 5) is 11.5. The van der Waals surface area contributed by atoms with Crippen LogP contribution in [0.4, 0.5) is 0 Å². The molecule has 1 fully saturated rings. The summed E-state index contributed by atoms with van der Waals surface area (Å²) in [5.41, 5.74) is 3.79. The van der Waals surface area contributed by atoms with Crippen molar-refractivity contribution in [3.8, 4) is 0 Å². The molecule has 0 spiro atoms. The molecule has 0 saturated carbocycles. The summed E-state index contributed by atoms with van der Waals surface area (Å²) in [6, 6.07) is 0. The molecule has 1 heterocycles. The number of allylic oxidation sites excluding steroid dienone is 2. The first-order chi connectivity index (χ1) is 19.3. The molecule has 0 aromatic heterocycles. The van der Waals surface area contributed by atoms with E-state index in [-0.39, 0.29) is 22.9 Å². The lowest BCUT2D eigenvalue weighted by Gasteiger charge is -2.52. The number of carbonyl (C=O) groups excluding carboxylic acids is 1. The average Bonchev–Trinajstić information content (AvgIpc) is 2.90. The van der Waals surface area contributed by atoms with Crippen molar-refractivity contribution in [2.24, 2.45) is 5.92 Å². The fraction of sp³-hybridized carbons (Fsp3) is 0.811. The minimum atomic E-state index is -0.660. The highest BCUT2D eigenvalue weighted by Crippen LogP contribution is 2.51. The van der Waals surface area contributed by atoms with E-state index < -0.39 is 11.7 Å². The first-order valence-electron chi connectivity index (χ1n) is 16.9. The standard InChI is InChI=1S/C37H64O4/c1-9-10-11-12-13-14-25-37-31(5)30(4)34(39)27-33(37)21-26-36(8,41-37)24-16-19-28(2)18-15-22-35(7,40)23-17-20-29(3)32(6)38/h19,27,29,34,39-40H,9-18,20-26H2,1-8H3/b28-19+. The number of Topliss-reactive ketones (excluding diaryl/α,β-unsaturated/α-hetero) is 1. The van der Waals surface area contributed by atoms with Crippen molar-refractivity contribution >= 4 is 5.78 Å². The Hall–Kier alpha value is -1.23. The molecule has 2 N–H and O–H groups in total. The molecule has 4 heteroatoms. The monoisotopic (exact) mass is 572 g/mol. The van der Waals surface area contributed by atoms with Gasteiger partial charge in [-0.3, -0.25) is 4.79 Å². The van der Waals surface area contributed by atoms with Gasteiger partial charge in [-0.05, 0) is 141 Å². The van der Waals surface area contributed by atoms with Gasteiger partial charge in [-0.25, -0.2) is 0 Å². The van der Waals surface area contributed by atoms with Gasteiger partial charge in [0, 0.05) is 5.92 Å². The predicted molar refractivity (Wildman–Crippen MR) is 173 cm³/mol. The number of ketones is 1. The van der Waals surface area contributed by atoms with E-state index in [1.807, 2.05) is 13.8 Å². The number of hydrogen-bond donors (Lipinski definition) is 2. The van der Waals surface area contributed by atoms with Crippen LogP contribution in [0.5, 0.6) is 0 Å². The second kappa shape index (κ2) is 16.6. The van der Waals surface area contributed by atoms with Crippen LogP contribution in [0.25, 0.3) is 0 Å². The van der Waals surface area contributed by atoms with Crippen molar-refractivity contribution in [2.45, 2.75) is 187 Å². The molecule has 0 radical (unpaired) electrons. The Morgan fingerprint density at radius 1 is 1.10 bits per heavy atom. The summed E-state index contributed by atoms with van der Waals surface area (Å²) in [6.07, 6.45) is 21.9. The van der Waals surface area contributed by atoms with Crippen LogP contribution in [-0.2, 0) is 9.53 Å². The van der Waals surface area contributed by atoms with E-state index in [4.69, 9.17) is 4.74 Å². The van der Waals surface area contributed by atoms with Gasteiger partial charge in [0.1, 0.15) is 11.4 Å². The minimum absolute atomic E-state index is 0.0905. The number of unbranched alkanes of at least 4 members (excludes halogenated alkanes) is 5. The quantitative estimate of drug-likeness (QED) is 0.119. The smallest absolute Gasteiger partial charge is 0.132 e. The lowest BCUT2D eigenvalue weighted by molar-refractivity contribution is -0.145. The largest absolute Gasteiger partial charge is 0.390 e. The first-order valence-corrected chi connectivity index (χ1v) is 16.9. The Morgan fingerprint density at radius 3 is 2.44 bits per heavy atom. The summed E-state index contributed by atoms with van der Waals surface area (Å²) < 4.78 is 7.18. The van der Waals surface area contributed by atoms with Crippen molar-refractivity contribution in [1.82, 2.24) is 0 Å². The van der Waals surface area contributed by atoms with Gasteiger partial charge in [-0.1, -0.05) is 57.6 Å². The molecular weight excluding hydrogens is 508 g/mol. The highest BCUT2D eigenvalue weighted by molar-refractivity contribution is 5.77. The molecule has 2 rings (SSSR count). The van der Waals surface area contributed by atoms with Crippen molar-refractivity contribution in [3.05, 3.63) is 34.4 Å². The number of aliphatic hydroxyl groups excluding tert-OH is 1. The van der Waals surface area contributed by atoms with Gasteiger partial charge in [0.15, 0.2) is 0 Å². The SMILES string of the molecule is CCCCCCCCC12OC(C)(CC/C=C(\C)CCCC(C)(O)CCCC(C)C(C)=O)CCC1=CC(O)C(C)=C2C. The van der Waals surface area contributed by atoms with E-state index >= 15 is 0 Å². The zero-order chi connectivity index (χ0) is 30.7. The summed E-state index contributed by atoms with van der Waals surface area (Å²) in [7, 11) is 0. The fourth-order valence-corrected chi connectivity index (χ4v) is 6.85. The van der Waals surface area contributed by atoms with Gasteiger partial charge in [0.05, 0.1) is 17.3 Å². The van der Waals surface area contributed by atoms with Gasteiger partial charge >= 0.3 is 0 Å². The maximum Gasteiger partial charge on any atom is 0.132 e. The zero-order valence-corrected chi connectivity index (χ0v) is 28.0. The molecule has 5 atom stereocenters. The molecule has 0 bridgehead atoms. The number of fused-ring (bicyclic) bond motifs is 1. The van der Waals surface area contributed by atoms with E-state index in [0.29, 0.717) is 0 Å². The Morgan fingerprint density at radius 2 is 1.76 bits per heavy atom. The summed E-state index contributed by atoms with van der Waals surface area (Å²) in [5, 5.41) is 21.5. The van der Waals surface area contributed by atoms with E-state index in [2.05, 4.69) is 46.8 Å². The molecule has 2 aliphatic rings. The Labute approximate surface area is 253 Å². The third-order valence-electron chi connectivity index (χ3n) is 10.2. The molecular formula is C37H64O4. The van der Waals surface area contributed by atoms with Crippen molar-refractivity contribution in [3.63, 3.8) is 0 Å². The summed E-state index contributed by atoms with van der Waals surface area (Å²) >= 11 is 0. The van der Waals surface area contributed by atoms with Gasteiger partial charge in [-0.2, -0.15) is 0 Å². The number of hydrogen-bond acceptors (Lipinski definition) is 4. The third-order valence-corrected chi connectivity index (χ3v) is 10.2. The number of aliphatic hydroxyl groups is 2. The predicted octanol–water partition coefficient (Wildman–Crippen LogP) is 9.73. The summed E-state index contributed by atoms with van der Waals surface area (Å²) in [6.45, 7) is 16.6. The normalized spacial score (nSPS) is 27.3. The molecule has 0 aromatic carbocycles. The molecule has 1 saturated heterocycles. The van der Waals surface area contributed by atoms with Crippen molar-refractivity contribution in [1.29, 1.82) is 0 Å². The number of ether oxygens (including phenoxy) is 1. The second-order valence-electron chi connectivity index (χ2n) is 14.2. The topological polar surface area (TPSA) is 66.8 Å². The van der Waals surface area contributed by atoms with Crippen LogP contribution in [-0.4, -0.2) is 38.9 Å². The molecule has 1 aliphatic heterocycles.